The monoisotopic (exact) mass is 244 g/mol. The Morgan fingerprint density at radius 1 is 1.33 bits per heavy atom. The number of imidazole rings is 1. The number of pyridine rings is 1. The molecule has 2 heterocycles. The summed E-state index contributed by atoms with van der Waals surface area (Å²) in [5, 5.41) is 3.44. The van der Waals surface area contributed by atoms with Gasteiger partial charge in [0.25, 0.3) is 0 Å². The number of aromatic nitrogens is 3. The molecule has 18 heavy (non-hydrogen) atoms. The molecule has 0 spiro atoms. The normalized spacial score (nSPS) is 10.7. The van der Waals surface area contributed by atoms with Crippen LogP contribution in [0.5, 0.6) is 0 Å². The lowest BCUT2D eigenvalue weighted by molar-refractivity contribution is 0.575. The van der Waals surface area contributed by atoms with Gasteiger partial charge in [-0.3, -0.25) is 4.98 Å². The first kappa shape index (κ1) is 12.8. The van der Waals surface area contributed by atoms with Crippen LogP contribution in [0.25, 0.3) is 0 Å². The molecule has 0 amide bonds. The smallest absolute Gasteiger partial charge is 0.0945 e. The molecule has 0 saturated carbocycles. The van der Waals surface area contributed by atoms with Crippen LogP contribution in [0.2, 0.25) is 0 Å². The van der Waals surface area contributed by atoms with Gasteiger partial charge in [-0.05, 0) is 31.0 Å². The van der Waals surface area contributed by atoms with Crippen molar-refractivity contribution in [2.75, 3.05) is 6.54 Å². The summed E-state index contributed by atoms with van der Waals surface area (Å²) in [4.78, 5) is 8.44. The van der Waals surface area contributed by atoms with Gasteiger partial charge >= 0.3 is 0 Å². The Morgan fingerprint density at radius 2 is 2.28 bits per heavy atom. The summed E-state index contributed by atoms with van der Waals surface area (Å²) in [5.74, 6) is 0. The number of hydrogen-bond donors (Lipinski definition) is 1. The molecule has 2 aromatic heterocycles. The molecule has 0 aliphatic rings. The van der Waals surface area contributed by atoms with Crippen molar-refractivity contribution in [1.82, 2.24) is 19.9 Å². The van der Waals surface area contributed by atoms with E-state index in [9.17, 15) is 0 Å². The van der Waals surface area contributed by atoms with Crippen molar-refractivity contribution in [1.29, 1.82) is 0 Å². The van der Waals surface area contributed by atoms with Crippen LogP contribution in [0, 0.1) is 0 Å². The summed E-state index contributed by atoms with van der Waals surface area (Å²) < 4.78 is 2.10. The van der Waals surface area contributed by atoms with Gasteiger partial charge in [-0.2, -0.15) is 0 Å². The Morgan fingerprint density at radius 3 is 3.06 bits per heavy atom. The topological polar surface area (TPSA) is 42.7 Å². The summed E-state index contributed by atoms with van der Waals surface area (Å²) in [7, 11) is 0. The lowest BCUT2D eigenvalue weighted by atomic mass is 10.1. The molecule has 96 valence electrons. The summed E-state index contributed by atoms with van der Waals surface area (Å²) in [6.07, 6.45) is 9.67. The Kier molecular flexibility index (Phi) is 4.90. The van der Waals surface area contributed by atoms with Crippen LogP contribution in [-0.2, 0) is 19.5 Å². The molecule has 0 aliphatic heterocycles. The first-order valence-electron chi connectivity index (χ1n) is 6.49. The van der Waals surface area contributed by atoms with Gasteiger partial charge < -0.3 is 9.88 Å². The van der Waals surface area contributed by atoms with Crippen LogP contribution in [0.3, 0.4) is 0 Å². The number of aryl methyl sites for hydroxylation is 2. The highest BCUT2D eigenvalue weighted by Crippen LogP contribution is 2.05. The van der Waals surface area contributed by atoms with E-state index in [0.29, 0.717) is 0 Å². The molecule has 0 aliphatic carbocycles. The van der Waals surface area contributed by atoms with Crippen molar-refractivity contribution in [3.05, 3.63) is 48.3 Å². The van der Waals surface area contributed by atoms with Gasteiger partial charge in [0.1, 0.15) is 0 Å². The lowest BCUT2D eigenvalue weighted by Crippen LogP contribution is -2.18. The predicted molar refractivity (Wildman–Crippen MR) is 72.2 cm³/mol. The van der Waals surface area contributed by atoms with E-state index in [2.05, 4.69) is 32.8 Å². The Labute approximate surface area is 108 Å². The van der Waals surface area contributed by atoms with E-state index in [1.165, 1.54) is 11.3 Å². The van der Waals surface area contributed by atoms with Crippen LogP contribution >= 0.6 is 0 Å². The molecule has 0 unspecified atom stereocenters. The van der Waals surface area contributed by atoms with Gasteiger partial charge in [0.15, 0.2) is 0 Å². The van der Waals surface area contributed by atoms with E-state index in [1.54, 1.807) is 0 Å². The standard InChI is InChI=1S/C14H20N4/c1-2-13-5-3-7-17-14(13)11-15-6-4-9-18-10-8-16-12-18/h3,5,7-8,10,12,15H,2,4,6,9,11H2,1H3. The molecule has 0 saturated heterocycles. The molecule has 0 atom stereocenters. The summed E-state index contributed by atoms with van der Waals surface area (Å²) in [6.45, 7) is 5.03. The largest absolute Gasteiger partial charge is 0.337 e. The van der Waals surface area contributed by atoms with Gasteiger partial charge in [-0.15, -0.1) is 0 Å². The van der Waals surface area contributed by atoms with E-state index in [0.717, 1.165) is 32.5 Å². The minimum Gasteiger partial charge on any atom is -0.337 e. The van der Waals surface area contributed by atoms with Crippen molar-refractivity contribution in [2.45, 2.75) is 32.9 Å². The third-order valence-electron chi connectivity index (χ3n) is 2.99. The quantitative estimate of drug-likeness (QED) is 0.758. The minimum absolute atomic E-state index is 0.855. The van der Waals surface area contributed by atoms with Crippen LogP contribution in [0.1, 0.15) is 24.6 Å². The van der Waals surface area contributed by atoms with Crippen molar-refractivity contribution in [2.24, 2.45) is 0 Å². The maximum absolute atomic E-state index is 4.42. The Bertz CT molecular complexity index is 451. The zero-order valence-electron chi connectivity index (χ0n) is 10.8. The molecule has 2 aromatic rings. The van der Waals surface area contributed by atoms with E-state index in [1.807, 2.05) is 31.0 Å². The highest BCUT2D eigenvalue weighted by Gasteiger charge is 2.00. The number of nitrogens with one attached hydrogen (secondary N) is 1. The molecular formula is C14H20N4. The van der Waals surface area contributed by atoms with Crippen molar-refractivity contribution < 1.29 is 0 Å². The van der Waals surface area contributed by atoms with E-state index < -0.39 is 0 Å². The second kappa shape index (κ2) is 6.91. The first-order chi connectivity index (χ1) is 8.90. The molecular weight excluding hydrogens is 224 g/mol. The van der Waals surface area contributed by atoms with Gasteiger partial charge in [-0.1, -0.05) is 13.0 Å². The molecule has 0 bridgehead atoms. The van der Waals surface area contributed by atoms with Gasteiger partial charge in [0.2, 0.25) is 0 Å². The van der Waals surface area contributed by atoms with Gasteiger partial charge in [-0.25, -0.2) is 4.98 Å². The number of rotatable bonds is 7. The first-order valence-corrected chi connectivity index (χ1v) is 6.49. The highest BCUT2D eigenvalue weighted by atomic mass is 15.0. The third-order valence-corrected chi connectivity index (χ3v) is 2.99. The van der Waals surface area contributed by atoms with Crippen LogP contribution in [-0.4, -0.2) is 21.1 Å². The maximum Gasteiger partial charge on any atom is 0.0945 e. The molecule has 0 aromatic carbocycles. The number of hydrogen-bond acceptors (Lipinski definition) is 3. The van der Waals surface area contributed by atoms with Gasteiger partial charge in [0.05, 0.1) is 12.0 Å². The fraction of sp³-hybridized carbons (Fsp3) is 0.429. The summed E-state index contributed by atoms with van der Waals surface area (Å²) in [6, 6.07) is 4.15. The van der Waals surface area contributed by atoms with E-state index >= 15 is 0 Å². The Balaban J connectivity index is 1.69. The zero-order valence-corrected chi connectivity index (χ0v) is 10.8. The second-order valence-corrected chi connectivity index (χ2v) is 4.29. The molecule has 1 N–H and O–H groups in total. The fourth-order valence-corrected chi connectivity index (χ4v) is 1.96. The van der Waals surface area contributed by atoms with Crippen molar-refractivity contribution in [3.8, 4) is 0 Å². The molecule has 0 fully saturated rings. The predicted octanol–water partition coefficient (Wildman–Crippen LogP) is 2.02. The maximum atomic E-state index is 4.42. The lowest BCUT2D eigenvalue weighted by Gasteiger charge is -2.08. The average Bonchev–Trinajstić information content (AvgIpc) is 2.92. The minimum atomic E-state index is 0.855. The molecule has 0 radical (unpaired) electrons. The van der Waals surface area contributed by atoms with Crippen LogP contribution in [0.4, 0.5) is 0 Å². The summed E-state index contributed by atoms with van der Waals surface area (Å²) >= 11 is 0. The molecule has 2 rings (SSSR count). The SMILES string of the molecule is CCc1cccnc1CNCCCn1ccnc1. The highest BCUT2D eigenvalue weighted by molar-refractivity contribution is 5.19. The van der Waals surface area contributed by atoms with Crippen LogP contribution in [0.15, 0.2) is 37.1 Å². The Hall–Kier alpha value is -1.68. The summed E-state index contributed by atoms with van der Waals surface area (Å²) in [5.41, 5.74) is 2.50. The van der Waals surface area contributed by atoms with Crippen molar-refractivity contribution >= 4 is 0 Å². The molecule has 4 heteroatoms. The van der Waals surface area contributed by atoms with Crippen LogP contribution < -0.4 is 5.32 Å². The number of nitrogens with zero attached hydrogens (tertiary/aromatic N) is 3. The average molecular weight is 244 g/mol. The van der Waals surface area contributed by atoms with E-state index in [-0.39, 0.29) is 0 Å². The van der Waals surface area contributed by atoms with Crippen molar-refractivity contribution in [3.63, 3.8) is 0 Å². The zero-order chi connectivity index (χ0) is 12.6. The van der Waals surface area contributed by atoms with E-state index in [4.69, 9.17) is 0 Å². The second-order valence-electron chi connectivity index (χ2n) is 4.29. The fourth-order valence-electron chi connectivity index (χ4n) is 1.96. The van der Waals surface area contributed by atoms with Gasteiger partial charge in [0, 0.05) is 31.7 Å². The molecule has 4 nitrogen and oxygen atoms in total. The third kappa shape index (κ3) is 3.67.